The van der Waals surface area contributed by atoms with Crippen molar-refractivity contribution >= 4 is 22.1 Å². The molecular weight excluding hydrogens is 585 g/mol. The zero-order chi connectivity index (χ0) is 25.5. The molecule has 1 aliphatic heterocycles. The van der Waals surface area contributed by atoms with Crippen molar-refractivity contribution in [1.29, 1.82) is 0 Å². The van der Waals surface area contributed by atoms with Crippen LogP contribution in [-0.2, 0) is 55.5 Å². The number of rotatable bonds is 8. The number of para-hydroxylation sites is 4. The first-order chi connectivity index (χ1) is 18.2. The summed E-state index contributed by atoms with van der Waals surface area (Å²) in [6.45, 7) is 6.64. The van der Waals surface area contributed by atoms with E-state index in [9.17, 15) is 0 Å². The van der Waals surface area contributed by atoms with Crippen LogP contribution in [-0.4, -0.2) is 40.3 Å². The van der Waals surface area contributed by atoms with E-state index in [-0.39, 0.29) is 41.9 Å². The molecule has 0 unspecified atom stereocenters. The van der Waals surface area contributed by atoms with Crippen LogP contribution in [0.3, 0.4) is 0 Å². The molecule has 3 heterocycles. The molecule has 0 spiro atoms. The van der Waals surface area contributed by atoms with Crippen molar-refractivity contribution in [3.63, 3.8) is 0 Å². The van der Waals surface area contributed by atoms with Gasteiger partial charge < -0.3 is 47.8 Å². The Morgan fingerprint density at radius 2 is 1.43 bits per heavy atom. The third-order valence-corrected chi connectivity index (χ3v) is 6.97. The van der Waals surface area contributed by atoms with E-state index >= 15 is 0 Å². The van der Waals surface area contributed by atoms with Crippen molar-refractivity contribution in [1.82, 2.24) is 14.0 Å². The predicted molar refractivity (Wildman–Crippen MR) is 146 cm³/mol. The second-order valence-corrected chi connectivity index (χ2v) is 9.68. The summed E-state index contributed by atoms with van der Waals surface area (Å²) in [4.78, 5) is 2.53. The molecule has 0 amide bonds. The molecule has 2 aromatic heterocycles. The van der Waals surface area contributed by atoms with Gasteiger partial charge in [-0.2, -0.15) is 0 Å². The van der Waals surface area contributed by atoms with Gasteiger partial charge >= 0.3 is 17.1 Å². The molecule has 9 heteroatoms. The largest absolute Gasteiger partial charge is 2.00 e. The predicted octanol–water partition coefficient (Wildman–Crippen LogP) is -2.15. The topological polar surface area (TPSA) is 30.1 Å². The van der Waals surface area contributed by atoms with Crippen LogP contribution in [0.15, 0.2) is 78.9 Å². The van der Waals surface area contributed by atoms with Crippen molar-refractivity contribution in [2.75, 3.05) is 26.3 Å². The standard InChI is InChI=1S/C27H29N5.C4H8O.2ClH.Fe/c1-28-21-31(26-14-8-6-12-24(26)28)18-16-30(20-23-10-4-3-5-11-23)17-19-32-22-29(2)25-13-7-9-15-27(25)32;1-2-4-5-3-1;;;/h3-15H,16-20H2,1-2H3;1-4H2;2*1H;/q;;;;+2/p-2. The van der Waals surface area contributed by atoms with Crippen LogP contribution >= 0.6 is 0 Å². The van der Waals surface area contributed by atoms with Crippen LogP contribution in [0.25, 0.3) is 22.1 Å². The Labute approximate surface area is 260 Å². The van der Waals surface area contributed by atoms with Gasteiger partial charge in [-0.05, 0) is 18.4 Å². The van der Waals surface area contributed by atoms with Gasteiger partial charge in [0.15, 0.2) is 0 Å². The molecule has 6 rings (SSSR count). The van der Waals surface area contributed by atoms with Crippen molar-refractivity contribution in [3.05, 3.63) is 97.1 Å². The molecule has 214 valence electrons. The Hall–Kier alpha value is -2.38. The number of hydrogen-bond donors (Lipinski definition) is 0. The minimum absolute atomic E-state index is 0. The molecule has 3 aromatic carbocycles. The number of fused-ring (bicyclic) bond motifs is 2. The van der Waals surface area contributed by atoms with Gasteiger partial charge in [-0.1, -0.05) is 78.9 Å². The first kappa shape index (κ1) is 33.8. The van der Waals surface area contributed by atoms with E-state index < -0.39 is 0 Å². The van der Waals surface area contributed by atoms with E-state index in [1.54, 1.807) is 0 Å². The number of imidazole rings is 2. The molecule has 1 saturated heterocycles. The molecule has 6 nitrogen and oxygen atoms in total. The normalized spacial score (nSPS) is 12.4. The van der Waals surface area contributed by atoms with Gasteiger partial charge in [-0.3, -0.25) is 4.90 Å². The molecule has 40 heavy (non-hydrogen) atoms. The van der Waals surface area contributed by atoms with Crippen molar-refractivity contribution in [2.45, 2.75) is 32.5 Å². The van der Waals surface area contributed by atoms with Gasteiger partial charge in [0.05, 0.1) is 27.2 Å². The van der Waals surface area contributed by atoms with Gasteiger partial charge in [-0.15, -0.1) is 0 Å². The summed E-state index contributed by atoms with van der Waals surface area (Å²) < 4.78 is 13.6. The van der Waals surface area contributed by atoms with Crippen LogP contribution in [0.5, 0.6) is 0 Å². The van der Waals surface area contributed by atoms with Gasteiger partial charge in [0.25, 0.3) is 0 Å². The fraction of sp³-hybridized carbons (Fsp3) is 0.355. The zero-order valence-electron chi connectivity index (χ0n) is 23.1. The Morgan fingerprint density at radius 3 is 2.10 bits per heavy atom. The fourth-order valence-electron chi connectivity index (χ4n) is 4.98. The molecule has 0 atom stereocenters. The second-order valence-electron chi connectivity index (χ2n) is 9.68. The summed E-state index contributed by atoms with van der Waals surface area (Å²) >= 11 is 0. The average molecular weight is 622 g/mol. The third-order valence-electron chi connectivity index (χ3n) is 6.97. The van der Waals surface area contributed by atoms with E-state index in [1.165, 1.54) is 40.5 Å². The minimum atomic E-state index is 0. The van der Waals surface area contributed by atoms with Crippen LogP contribution in [0.2, 0.25) is 0 Å². The van der Waals surface area contributed by atoms with Gasteiger partial charge in [0.2, 0.25) is 12.7 Å². The van der Waals surface area contributed by atoms with Gasteiger partial charge in [0.1, 0.15) is 0 Å². The first-order valence-corrected chi connectivity index (χ1v) is 13.3. The monoisotopic (exact) mass is 621 g/mol. The molecule has 1 fully saturated rings. The van der Waals surface area contributed by atoms with E-state index in [0.717, 1.165) is 45.9 Å². The maximum atomic E-state index is 4.94. The fourth-order valence-corrected chi connectivity index (χ4v) is 4.98. The number of aryl methyl sites for hydroxylation is 2. The minimum Gasteiger partial charge on any atom is -1.00 e. The van der Waals surface area contributed by atoms with Crippen molar-refractivity contribution < 1.29 is 55.8 Å². The van der Waals surface area contributed by atoms with E-state index in [2.05, 4.69) is 129 Å². The Kier molecular flexibility index (Phi) is 14.2. The van der Waals surface area contributed by atoms with Crippen LogP contribution in [0.4, 0.5) is 0 Å². The van der Waals surface area contributed by atoms with E-state index in [1.807, 2.05) is 0 Å². The number of halogens is 2. The summed E-state index contributed by atoms with van der Waals surface area (Å²) in [6, 6.07) is 27.8. The van der Waals surface area contributed by atoms with Gasteiger partial charge in [0, 0.05) is 54.9 Å². The quantitative estimate of drug-likeness (QED) is 0.112. The molecule has 0 aliphatic carbocycles. The first-order valence-electron chi connectivity index (χ1n) is 13.3. The molecule has 1 aliphatic rings. The Bertz CT molecular complexity index is 1340. The maximum absolute atomic E-state index is 4.94. The van der Waals surface area contributed by atoms with E-state index in [0.29, 0.717) is 0 Å². The molecule has 0 radical (unpaired) electrons. The summed E-state index contributed by atoms with van der Waals surface area (Å²) in [6.07, 6.45) is 9.49. The molecule has 0 bridgehead atoms. The number of ether oxygens (including phenoxy) is 1. The van der Waals surface area contributed by atoms with Gasteiger partial charge in [-0.25, -0.2) is 0 Å². The molecular formula is C31H37Cl2FeN5O. The van der Waals surface area contributed by atoms with Crippen molar-refractivity contribution in [3.8, 4) is 0 Å². The molecule has 0 N–H and O–H groups in total. The average Bonchev–Trinajstić information content (AvgIpc) is 3.69. The Morgan fingerprint density at radius 1 is 0.800 bits per heavy atom. The van der Waals surface area contributed by atoms with Crippen LogP contribution in [0, 0.1) is 12.7 Å². The van der Waals surface area contributed by atoms with Crippen molar-refractivity contribution in [2.24, 2.45) is 14.1 Å². The maximum Gasteiger partial charge on any atom is 2.00 e. The SMILES string of the molecule is C1CCOC1.Cn1[c-][n+](CCN(CCn2[c-][n+](C)c3ccccc32)Cc2ccccc2)c2ccccc21.[Cl-].[Cl-].[Fe+2]. The smallest absolute Gasteiger partial charge is 1.00 e. The Balaban J connectivity index is 0.000000635. The molecule has 5 aromatic rings. The molecule has 0 saturated carbocycles. The number of aromatic nitrogens is 4. The van der Waals surface area contributed by atoms with Crippen LogP contribution < -0.4 is 33.9 Å². The number of nitrogens with zero attached hydrogens (tertiary/aromatic N) is 5. The third kappa shape index (κ3) is 8.56. The number of hydrogen-bond acceptors (Lipinski definition) is 2. The number of benzene rings is 3. The summed E-state index contributed by atoms with van der Waals surface area (Å²) in [5, 5.41) is 0. The van der Waals surface area contributed by atoms with Crippen LogP contribution in [0.1, 0.15) is 18.4 Å². The second kappa shape index (κ2) is 16.8. The summed E-state index contributed by atoms with van der Waals surface area (Å²) in [7, 11) is 4.13. The summed E-state index contributed by atoms with van der Waals surface area (Å²) in [5.41, 5.74) is 6.22. The zero-order valence-corrected chi connectivity index (χ0v) is 25.7. The summed E-state index contributed by atoms with van der Waals surface area (Å²) in [5.74, 6) is 0. The van der Waals surface area contributed by atoms with E-state index in [4.69, 9.17) is 4.74 Å².